The number of rotatable bonds is 5. The van der Waals surface area contributed by atoms with Crippen LogP contribution in [0.4, 0.5) is 0 Å². The lowest BCUT2D eigenvalue weighted by molar-refractivity contribution is 0.0955. The van der Waals surface area contributed by atoms with E-state index < -0.39 is 0 Å². The van der Waals surface area contributed by atoms with Gasteiger partial charge in [0, 0.05) is 12.7 Å². The zero-order chi connectivity index (χ0) is 15.5. The molecule has 0 radical (unpaired) electrons. The Kier molecular flexibility index (Phi) is 3.96. The predicted octanol–water partition coefficient (Wildman–Crippen LogP) is 0.340. The van der Waals surface area contributed by atoms with Crippen LogP contribution in [0.15, 0.2) is 29.2 Å². The standard InChI is InChI=1S/C13H14N6O2S/c1-2-9-11(22-17-15-9)12(20)14-6-8-19-13(21)18-7-4-3-5-10(18)16-19/h3-5,7H,2,6,8H2,1H3,(H,14,20). The number of pyridine rings is 1. The molecule has 0 saturated heterocycles. The highest BCUT2D eigenvalue weighted by Gasteiger charge is 2.14. The molecule has 0 atom stereocenters. The Morgan fingerprint density at radius 1 is 1.41 bits per heavy atom. The van der Waals surface area contributed by atoms with E-state index in [-0.39, 0.29) is 11.6 Å². The molecule has 3 rings (SSSR count). The fraction of sp³-hybridized carbons (Fsp3) is 0.308. The highest BCUT2D eigenvalue weighted by atomic mass is 32.1. The number of amides is 1. The minimum absolute atomic E-state index is 0.219. The van der Waals surface area contributed by atoms with Crippen molar-refractivity contribution in [3.8, 4) is 0 Å². The molecule has 0 aliphatic carbocycles. The highest BCUT2D eigenvalue weighted by Crippen LogP contribution is 2.10. The van der Waals surface area contributed by atoms with Gasteiger partial charge in [-0.1, -0.05) is 17.5 Å². The largest absolute Gasteiger partial charge is 0.350 e. The van der Waals surface area contributed by atoms with Gasteiger partial charge in [-0.25, -0.2) is 9.48 Å². The molecule has 0 saturated carbocycles. The van der Waals surface area contributed by atoms with Gasteiger partial charge in [-0.2, -0.15) is 0 Å². The van der Waals surface area contributed by atoms with Gasteiger partial charge in [0.15, 0.2) is 5.65 Å². The van der Waals surface area contributed by atoms with Gasteiger partial charge in [0.25, 0.3) is 5.91 Å². The summed E-state index contributed by atoms with van der Waals surface area (Å²) in [6.45, 7) is 2.54. The molecule has 0 aromatic carbocycles. The zero-order valence-electron chi connectivity index (χ0n) is 11.9. The summed E-state index contributed by atoms with van der Waals surface area (Å²) >= 11 is 1.07. The summed E-state index contributed by atoms with van der Waals surface area (Å²) in [5.74, 6) is -0.219. The molecular formula is C13H14N6O2S. The lowest BCUT2D eigenvalue weighted by Crippen LogP contribution is -2.31. The van der Waals surface area contributed by atoms with Crippen molar-refractivity contribution < 1.29 is 4.79 Å². The Morgan fingerprint density at radius 3 is 3.05 bits per heavy atom. The SMILES string of the molecule is CCc1nnsc1C(=O)NCCn1nc2ccccn2c1=O. The quantitative estimate of drug-likeness (QED) is 0.732. The van der Waals surface area contributed by atoms with E-state index in [2.05, 4.69) is 20.0 Å². The maximum atomic E-state index is 12.1. The normalized spacial score (nSPS) is 11.0. The third-order valence-electron chi connectivity index (χ3n) is 3.19. The molecule has 1 amide bonds. The van der Waals surface area contributed by atoms with Crippen molar-refractivity contribution in [3.63, 3.8) is 0 Å². The van der Waals surface area contributed by atoms with Crippen LogP contribution < -0.4 is 11.0 Å². The van der Waals surface area contributed by atoms with E-state index in [1.54, 1.807) is 18.3 Å². The fourth-order valence-corrected chi connectivity index (χ4v) is 2.75. The second-order valence-corrected chi connectivity index (χ2v) is 5.35. The number of nitrogens with zero attached hydrogens (tertiary/aromatic N) is 5. The van der Waals surface area contributed by atoms with Crippen molar-refractivity contribution in [1.82, 2.24) is 29.1 Å². The van der Waals surface area contributed by atoms with Gasteiger partial charge >= 0.3 is 5.69 Å². The molecule has 114 valence electrons. The van der Waals surface area contributed by atoms with Gasteiger partial charge in [0.1, 0.15) is 4.88 Å². The van der Waals surface area contributed by atoms with Gasteiger partial charge in [-0.15, -0.1) is 10.2 Å². The van der Waals surface area contributed by atoms with Gasteiger partial charge in [0.05, 0.1) is 12.2 Å². The molecule has 1 N–H and O–H groups in total. The van der Waals surface area contributed by atoms with Crippen molar-refractivity contribution in [2.45, 2.75) is 19.9 Å². The van der Waals surface area contributed by atoms with Gasteiger partial charge in [-0.3, -0.25) is 9.20 Å². The van der Waals surface area contributed by atoms with E-state index in [0.29, 0.717) is 35.7 Å². The molecule has 0 bridgehead atoms. The Morgan fingerprint density at radius 2 is 2.27 bits per heavy atom. The monoisotopic (exact) mass is 318 g/mol. The van der Waals surface area contributed by atoms with Crippen molar-refractivity contribution in [2.24, 2.45) is 0 Å². The van der Waals surface area contributed by atoms with Crippen molar-refractivity contribution in [1.29, 1.82) is 0 Å². The molecule has 9 heteroatoms. The molecule has 0 aliphatic heterocycles. The van der Waals surface area contributed by atoms with Crippen molar-refractivity contribution in [2.75, 3.05) is 6.54 Å². The van der Waals surface area contributed by atoms with E-state index in [1.165, 1.54) is 9.08 Å². The number of aryl methyl sites for hydroxylation is 1. The summed E-state index contributed by atoms with van der Waals surface area (Å²) in [5, 5.41) is 10.9. The fourth-order valence-electron chi connectivity index (χ4n) is 2.08. The number of carbonyl (C=O) groups excluding carboxylic acids is 1. The van der Waals surface area contributed by atoms with Crippen LogP contribution in [0, 0.1) is 0 Å². The third kappa shape index (κ3) is 2.62. The first-order chi connectivity index (χ1) is 10.7. The molecule has 0 spiro atoms. The second-order valence-electron chi connectivity index (χ2n) is 4.59. The van der Waals surface area contributed by atoms with E-state index in [1.807, 2.05) is 13.0 Å². The van der Waals surface area contributed by atoms with E-state index in [9.17, 15) is 9.59 Å². The summed E-state index contributed by atoms with van der Waals surface area (Å²) < 4.78 is 6.58. The van der Waals surface area contributed by atoms with E-state index in [0.717, 1.165) is 11.5 Å². The average Bonchev–Trinajstić information content (AvgIpc) is 3.13. The van der Waals surface area contributed by atoms with E-state index in [4.69, 9.17) is 0 Å². The van der Waals surface area contributed by atoms with Gasteiger partial charge in [0.2, 0.25) is 0 Å². The van der Waals surface area contributed by atoms with E-state index >= 15 is 0 Å². The predicted molar refractivity (Wildman–Crippen MR) is 81.1 cm³/mol. The third-order valence-corrected chi connectivity index (χ3v) is 3.96. The molecular weight excluding hydrogens is 304 g/mol. The molecule has 0 unspecified atom stereocenters. The number of hydrogen-bond donors (Lipinski definition) is 1. The number of aromatic nitrogens is 5. The smallest absolute Gasteiger partial charge is 0.349 e. The number of carbonyl (C=O) groups is 1. The molecule has 3 aromatic rings. The van der Waals surface area contributed by atoms with Crippen LogP contribution >= 0.6 is 11.5 Å². The Labute approximate surface area is 129 Å². The van der Waals surface area contributed by atoms with Crippen LogP contribution in [-0.2, 0) is 13.0 Å². The number of nitrogens with one attached hydrogen (secondary N) is 1. The number of hydrogen-bond acceptors (Lipinski definition) is 6. The van der Waals surface area contributed by atoms with Crippen LogP contribution in [0.25, 0.3) is 5.65 Å². The first kappa shape index (κ1) is 14.4. The Hall–Kier alpha value is -2.55. The van der Waals surface area contributed by atoms with Crippen LogP contribution in [0.1, 0.15) is 22.3 Å². The van der Waals surface area contributed by atoms with Crippen molar-refractivity contribution >= 4 is 23.1 Å². The van der Waals surface area contributed by atoms with Crippen LogP contribution in [0.2, 0.25) is 0 Å². The lowest BCUT2D eigenvalue weighted by Gasteiger charge is -2.03. The Balaban J connectivity index is 1.66. The minimum atomic E-state index is -0.224. The molecule has 8 nitrogen and oxygen atoms in total. The summed E-state index contributed by atoms with van der Waals surface area (Å²) in [6.07, 6.45) is 2.32. The van der Waals surface area contributed by atoms with Crippen molar-refractivity contribution in [3.05, 3.63) is 45.5 Å². The molecule has 0 fully saturated rings. The lowest BCUT2D eigenvalue weighted by atomic mass is 10.3. The van der Waals surface area contributed by atoms with Crippen LogP contribution in [0.5, 0.6) is 0 Å². The average molecular weight is 318 g/mol. The summed E-state index contributed by atoms with van der Waals surface area (Å²) in [7, 11) is 0. The molecule has 0 aliphatic rings. The summed E-state index contributed by atoms with van der Waals surface area (Å²) in [4.78, 5) is 24.6. The summed E-state index contributed by atoms with van der Waals surface area (Å²) in [6, 6.07) is 5.34. The minimum Gasteiger partial charge on any atom is -0.349 e. The maximum absolute atomic E-state index is 12.1. The summed E-state index contributed by atoms with van der Waals surface area (Å²) in [5.41, 5.74) is 1.05. The topological polar surface area (TPSA) is 94.2 Å². The van der Waals surface area contributed by atoms with Gasteiger partial charge < -0.3 is 5.32 Å². The van der Waals surface area contributed by atoms with Gasteiger partial charge in [-0.05, 0) is 30.1 Å². The zero-order valence-corrected chi connectivity index (χ0v) is 12.7. The molecule has 22 heavy (non-hydrogen) atoms. The van der Waals surface area contributed by atoms with Crippen LogP contribution in [-0.4, -0.2) is 36.2 Å². The first-order valence-electron chi connectivity index (χ1n) is 6.84. The Bertz CT molecular complexity index is 865. The maximum Gasteiger partial charge on any atom is 0.350 e. The second kappa shape index (κ2) is 6.06. The highest BCUT2D eigenvalue weighted by molar-refractivity contribution is 7.08. The van der Waals surface area contributed by atoms with Crippen LogP contribution in [0.3, 0.4) is 0 Å². The molecule has 3 heterocycles. The number of fused-ring (bicyclic) bond motifs is 1. The molecule has 3 aromatic heterocycles. The first-order valence-corrected chi connectivity index (χ1v) is 7.61.